The predicted octanol–water partition coefficient (Wildman–Crippen LogP) is 1.23. The third kappa shape index (κ3) is 3.64. The molecule has 0 aliphatic rings. The molecule has 0 heterocycles. The Morgan fingerprint density at radius 3 is 2.12 bits per heavy atom. The van der Waals surface area contributed by atoms with Gasteiger partial charge >= 0.3 is 17.9 Å². The van der Waals surface area contributed by atoms with Crippen molar-refractivity contribution >= 4 is 5.97 Å². The van der Waals surface area contributed by atoms with Crippen LogP contribution in [-0.4, -0.2) is 34.7 Å². The average Bonchev–Trinajstić information content (AvgIpc) is 2.22. The average molecular weight is 259 g/mol. The summed E-state index contributed by atoms with van der Waals surface area (Å²) in [6.45, 7) is 0.496. The van der Waals surface area contributed by atoms with Crippen LogP contribution in [0.25, 0.3) is 0 Å². The standard InChI is InChI=1S/C7H10F3N2O5/c1-6(12(15)16,4-3-5(13)17-2)11(14)7(8,9)10/h3-4H2,1-2H3/q+1. The van der Waals surface area contributed by atoms with Gasteiger partial charge in [-0.3, -0.25) is 14.9 Å². The molecule has 0 bridgehead atoms. The number of carbonyl (C=O) groups is 1. The Morgan fingerprint density at radius 1 is 1.35 bits per heavy atom. The van der Waals surface area contributed by atoms with Crippen LogP contribution in [0.4, 0.5) is 13.2 Å². The number of nitroso groups, excluding NO2 is 1. The highest BCUT2D eigenvalue weighted by molar-refractivity contribution is 5.69. The molecule has 0 aliphatic heterocycles. The zero-order valence-corrected chi connectivity index (χ0v) is 8.98. The van der Waals surface area contributed by atoms with Crippen molar-refractivity contribution in [1.29, 1.82) is 0 Å². The van der Waals surface area contributed by atoms with Crippen molar-refractivity contribution in [3.8, 4) is 0 Å². The van der Waals surface area contributed by atoms with Crippen LogP contribution in [-0.2, 0) is 9.53 Å². The minimum atomic E-state index is -5.40. The quantitative estimate of drug-likeness (QED) is 0.185. The highest BCUT2D eigenvalue weighted by Crippen LogP contribution is 2.28. The molecule has 0 rings (SSSR count). The van der Waals surface area contributed by atoms with Gasteiger partial charge in [0.1, 0.15) is 0 Å². The number of nitrogens with zero attached hydrogens (tertiary/aromatic N) is 2. The third-order valence-electron chi connectivity index (χ3n) is 2.09. The topological polar surface area (TPSA) is 89.5 Å². The van der Waals surface area contributed by atoms with Gasteiger partial charge in [0, 0.05) is 4.91 Å². The van der Waals surface area contributed by atoms with Gasteiger partial charge in [-0.15, -0.1) is 13.2 Å². The summed E-state index contributed by atoms with van der Waals surface area (Å²) in [7, 11) is 0.977. The molecule has 10 heteroatoms. The Balaban J connectivity index is 5.00. The molecule has 17 heavy (non-hydrogen) atoms. The summed E-state index contributed by atoms with van der Waals surface area (Å²) in [5.41, 5.74) is -2.95. The smallest absolute Gasteiger partial charge is 0.469 e. The van der Waals surface area contributed by atoms with Gasteiger partial charge < -0.3 is 4.74 Å². The summed E-state index contributed by atoms with van der Waals surface area (Å²) in [6, 6.07) is 0. The van der Waals surface area contributed by atoms with Crippen LogP contribution in [0, 0.1) is 15.0 Å². The van der Waals surface area contributed by atoms with Gasteiger partial charge in [0.15, 0.2) is 4.76 Å². The maximum atomic E-state index is 12.1. The Bertz CT molecular complexity index is 343. The first kappa shape index (κ1) is 15.3. The summed E-state index contributed by atoms with van der Waals surface area (Å²) in [5.74, 6) is -0.936. The van der Waals surface area contributed by atoms with E-state index in [2.05, 4.69) is 4.74 Å². The van der Waals surface area contributed by atoms with E-state index in [9.17, 15) is 33.0 Å². The maximum Gasteiger partial charge on any atom is 0.683 e. The highest BCUT2D eigenvalue weighted by atomic mass is 19.4. The van der Waals surface area contributed by atoms with Crippen LogP contribution >= 0.6 is 0 Å². The minimum Gasteiger partial charge on any atom is -0.469 e. The molecule has 1 unspecified atom stereocenters. The van der Waals surface area contributed by atoms with E-state index in [4.69, 9.17) is 0 Å². The SMILES string of the molecule is COC(=O)CCC(C)([N+](=O)[O-])[N+](=O)C(F)(F)F. The number of hydrogen-bond acceptors (Lipinski definition) is 5. The first-order valence-electron chi connectivity index (χ1n) is 4.31. The number of carbonyl (C=O) groups excluding carboxylic acids is 1. The third-order valence-corrected chi connectivity index (χ3v) is 2.09. The molecule has 0 aromatic heterocycles. The molecule has 0 aliphatic carbocycles. The Morgan fingerprint density at radius 2 is 1.82 bits per heavy atom. The van der Waals surface area contributed by atoms with Crippen molar-refractivity contribution in [2.45, 2.75) is 31.7 Å². The molecule has 0 amide bonds. The van der Waals surface area contributed by atoms with E-state index >= 15 is 0 Å². The fourth-order valence-electron chi connectivity index (χ4n) is 0.981. The first-order valence-corrected chi connectivity index (χ1v) is 4.31. The van der Waals surface area contributed by atoms with E-state index < -0.39 is 40.5 Å². The van der Waals surface area contributed by atoms with Crippen LogP contribution in [0.15, 0.2) is 0 Å². The molecule has 0 fully saturated rings. The largest absolute Gasteiger partial charge is 0.683 e. The van der Waals surface area contributed by atoms with Crippen molar-refractivity contribution in [2.24, 2.45) is 0 Å². The van der Waals surface area contributed by atoms with Crippen molar-refractivity contribution in [2.75, 3.05) is 7.11 Å². The highest BCUT2D eigenvalue weighted by Gasteiger charge is 2.67. The Labute approximate surface area is 93.3 Å². The minimum absolute atomic E-state index is 0.496. The number of halogens is 3. The molecule has 0 N–H and O–H groups in total. The molecule has 0 saturated carbocycles. The van der Waals surface area contributed by atoms with Gasteiger partial charge in [-0.05, 0) is 0 Å². The number of nitro groups is 1. The first-order chi connectivity index (χ1) is 7.55. The number of esters is 1. The lowest BCUT2D eigenvalue weighted by atomic mass is 10.1. The van der Waals surface area contributed by atoms with E-state index in [0.29, 0.717) is 6.92 Å². The second kappa shape index (κ2) is 5.06. The summed E-state index contributed by atoms with van der Waals surface area (Å²) in [4.78, 5) is 30.7. The van der Waals surface area contributed by atoms with Crippen molar-refractivity contribution in [1.82, 2.24) is 0 Å². The maximum absolute atomic E-state index is 12.1. The zero-order valence-electron chi connectivity index (χ0n) is 8.98. The summed E-state index contributed by atoms with van der Waals surface area (Å²) >= 11 is 0. The van der Waals surface area contributed by atoms with Gasteiger partial charge in [0.25, 0.3) is 0 Å². The van der Waals surface area contributed by atoms with Crippen LogP contribution < -0.4 is 0 Å². The van der Waals surface area contributed by atoms with E-state index in [1.807, 2.05) is 0 Å². The molecule has 7 nitrogen and oxygen atoms in total. The number of methoxy groups -OCH3 is 1. The molecule has 1 atom stereocenters. The zero-order chi connectivity index (χ0) is 13.9. The van der Waals surface area contributed by atoms with Gasteiger partial charge in [0.05, 0.1) is 31.8 Å². The van der Waals surface area contributed by atoms with E-state index in [1.165, 1.54) is 0 Å². The molecule has 0 saturated heterocycles. The summed E-state index contributed by atoms with van der Waals surface area (Å²) in [5, 5.41) is 10.5. The van der Waals surface area contributed by atoms with Crippen molar-refractivity contribution < 1.29 is 32.4 Å². The van der Waals surface area contributed by atoms with E-state index in [1.54, 1.807) is 0 Å². The fourth-order valence-corrected chi connectivity index (χ4v) is 0.981. The van der Waals surface area contributed by atoms with Gasteiger partial charge in [-0.25, -0.2) is 0 Å². The number of rotatable bonds is 5. The summed E-state index contributed by atoms with van der Waals surface area (Å²) < 4.78 is 38.9. The number of hydrogen-bond donors (Lipinski definition) is 0. The molecule has 98 valence electrons. The van der Waals surface area contributed by atoms with Crippen LogP contribution in [0.3, 0.4) is 0 Å². The summed E-state index contributed by atoms with van der Waals surface area (Å²) in [6.07, 6.45) is -6.98. The van der Waals surface area contributed by atoms with Crippen molar-refractivity contribution in [3.63, 3.8) is 0 Å². The normalized spacial score (nSPS) is 14.9. The van der Waals surface area contributed by atoms with E-state index in [-0.39, 0.29) is 0 Å². The second-order valence-electron chi connectivity index (χ2n) is 3.31. The molecule has 0 spiro atoms. The van der Waals surface area contributed by atoms with Crippen LogP contribution in [0.2, 0.25) is 0 Å². The lowest BCUT2D eigenvalue weighted by Gasteiger charge is -2.12. The molecular formula is C7H10F3N2O5+. The molecule has 0 aromatic rings. The predicted molar refractivity (Wildman–Crippen MR) is 46.3 cm³/mol. The van der Waals surface area contributed by atoms with Gasteiger partial charge in [-0.2, -0.15) is 0 Å². The van der Waals surface area contributed by atoms with Crippen LogP contribution in [0.5, 0.6) is 0 Å². The monoisotopic (exact) mass is 259 g/mol. The molecule has 0 aromatic carbocycles. The lowest BCUT2D eigenvalue weighted by Crippen LogP contribution is -2.51. The molecule has 0 radical (unpaired) electrons. The van der Waals surface area contributed by atoms with Crippen LogP contribution in [0.1, 0.15) is 19.8 Å². The fraction of sp³-hybridized carbons (Fsp3) is 0.857. The second-order valence-corrected chi connectivity index (χ2v) is 3.31. The van der Waals surface area contributed by atoms with Crippen molar-refractivity contribution in [3.05, 3.63) is 15.0 Å². The Hall–Kier alpha value is -1.74. The number of alkyl halides is 3. The van der Waals surface area contributed by atoms with Gasteiger partial charge in [0.2, 0.25) is 0 Å². The van der Waals surface area contributed by atoms with Gasteiger partial charge in [-0.1, -0.05) is 0 Å². The lowest BCUT2D eigenvalue weighted by molar-refractivity contribution is -0.893. The number of ether oxygens (including phenoxy) is 1. The van der Waals surface area contributed by atoms with E-state index in [0.717, 1.165) is 7.11 Å². The molecular weight excluding hydrogens is 249 g/mol. The Kier molecular flexibility index (Phi) is 4.54.